The zero-order valence-corrected chi connectivity index (χ0v) is 16.0. The van der Waals surface area contributed by atoms with Crippen LogP contribution in [0.2, 0.25) is 0 Å². The lowest BCUT2D eigenvalue weighted by atomic mass is 10.0. The van der Waals surface area contributed by atoms with Crippen molar-refractivity contribution in [1.29, 1.82) is 0 Å². The van der Waals surface area contributed by atoms with E-state index < -0.39 is 5.60 Å². The monoisotopic (exact) mass is 367 g/mol. The zero-order valence-electron chi connectivity index (χ0n) is 16.0. The smallest absolute Gasteiger partial charge is 0.260 e. The molecule has 142 valence electrons. The molecule has 1 atom stereocenters. The maximum atomic E-state index is 11.0. The predicted octanol–water partition coefficient (Wildman–Crippen LogP) is 2.78. The first-order chi connectivity index (χ1) is 12.8. The van der Waals surface area contributed by atoms with Crippen LogP contribution in [0.3, 0.4) is 0 Å². The quantitative estimate of drug-likeness (QED) is 0.764. The van der Waals surface area contributed by atoms with Gasteiger partial charge in [0, 0.05) is 25.8 Å². The van der Waals surface area contributed by atoms with Gasteiger partial charge in [0.15, 0.2) is 5.60 Å². The maximum Gasteiger partial charge on any atom is 0.260 e. The van der Waals surface area contributed by atoms with Gasteiger partial charge in [-0.15, -0.1) is 0 Å². The molecular formula is C20H25N5O2. The minimum absolute atomic E-state index is 0.119. The Morgan fingerprint density at radius 1 is 1.22 bits per heavy atom. The standard InChI is InChI=1S/C20H25N5O2/c1-19(2,3)25-13-16(11-21-25)17-22-18(27-23-17)20(26)9-10-24(14-20)12-15-7-5-4-6-8-15/h4-8,11,13,26H,9-10,12,14H2,1-3H3. The molecule has 1 saturated heterocycles. The van der Waals surface area contributed by atoms with E-state index in [0.717, 1.165) is 18.7 Å². The Morgan fingerprint density at radius 3 is 2.70 bits per heavy atom. The van der Waals surface area contributed by atoms with Crippen molar-refractivity contribution in [3.05, 3.63) is 54.2 Å². The molecule has 1 aliphatic heterocycles. The highest BCUT2D eigenvalue weighted by Gasteiger charge is 2.42. The average molecular weight is 367 g/mol. The SMILES string of the molecule is CC(C)(C)n1cc(-c2noc(C3(O)CCN(Cc4ccccc4)C3)n2)cn1. The number of hydrogen-bond acceptors (Lipinski definition) is 6. The van der Waals surface area contributed by atoms with Gasteiger partial charge < -0.3 is 9.63 Å². The van der Waals surface area contributed by atoms with Gasteiger partial charge in [0.1, 0.15) is 0 Å². The lowest BCUT2D eigenvalue weighted by Crippen LogP contribution is -2.31. The summed E-state index contributed by atoms with van der Waals surface area (Å²) in [6.45, 7) is 8.29. The van der Waals surface area contributed by atoms with Crippen molar-refractivity contribution in [3.8, 4) is 11.4 Å². The van der Waals surface area contributed by atoms with Gasteiger partial charge in [0.2, 0.25) is 5.82 Å². The average Bonchev–Trinajstić information content (AvgIpc) is 3.34. The second kappa shape index (κ2) is 6.58. The number of nitrogens with zero attached hydrogens (tertiary/aromatic N) is 5. The van der Waals surface area contributed by atoms with Crippen LogP contribution < -0.4 is 0 Å². The summed E-state index contributed by atoms with van der Waals surface area (Å²) >= 11 is 0. The molecule has 1 fully saturated rings. The zero-order chi connectivity index (χ0) is 19.1. The molecule has 3 aromatic rings. The number of rotatable bonds is 4. The normalized spacial score (nSPS) is 21.0. The molecule has 2 aromatic heterocycles. The molecule has 0 bridgehead atoms. The molecule has 0 radical (unpaired) electrons. The Bertz CT molecular complexity index is 912. The van der Waals surface area contributed by atoms with Gasteiger partial charge in [-0.05, 0) is 32.8 Å². The molecule has 1 aromatic carbocycles. The van der Waals surface area contributed by atoms with Crippen molar-refractivity contribution < 1.29 is 9.63 Å². The van der Waals surface area contributed by atoms with Crippen LogP contribution in [0, 0.1) is 0 Å². The molecule has 7 heteroatoms. The van der Waals surface area contributed by atoms with E-state index in [1.807, 2.05) is 29.1 Å². The molecule has 0 aliphatic carbocycles. The van der Waals surface area contributed by atoms with Crippen LogP contribution in [0.5, 0.6) is 0 Å². The van der Waals surface area contributed by atoms with Crippen LogP contribution in [-0.4, -0.2) is 43.0 Å². The Hall–Kier alpha value is -2.51. The largest absolute Gasteiger partial charge is 0.379 e. The summed E-state index contributed by atoms with van der Waals surface area (Å²) in [6.07, 6.45) is 4.19. The molecule has 7 nitrogen and oxygen atoms in total. The highest BCUT2D eigenvalue weighted by Crippen LogP contribution is 2.33. The third-order valence-electron chi connectivity index (χ3n) is 4.93. The molecular weight excluding hydrogens is 342 g/mol. The van der Waals surface area contributed by atoms with Gasteiger partial charge in [-0.2, -0.15) is 10.1 Å². The van der Waals surface area contributed by atoms with Crippen molar-refractivity contribution in [2.75, 3.05) is 13.1 Å². The van der Waals surface area contributed by atoms with Crippen molar-refractivity contribution in [3.63, 3.8) is 0 Å². The van der Waals surface area contributed by atoms with E-state index >= 15 is 0 Å². The van der Waals surface area contributed by atoms with Crippen LogP contribution in [0.1, 0.15) is 38.6 Å². The summed E-state index contributed by atoms with van der Waals surface area (Å²) in [5.41, 5.74) is 0.775. The number of benzene rings is 1. The first kappa shape index (κ1) is 17.9. The lowest BCUT2D eigenvalue weighted by molar-refractivity contribution is 0.0131. The molecule has 4 rings (SSSR count). The Labute approximate surface area is 158 Å². The van der Waals surface area contributed by atoms with E-state index in [0.29, 0.717) is 18.8 Å². The maximum absolute atomic E-state index is 11.0. The van der Waals surface area contributed by atoms with Gasteiger partial charge in [0.05, 0.1) is 17.3 Å². The Balaban J connectivity index is 1.49. The summed E-state index contributed by atoms with van der Waals surface area (Å²) in [5, 5.41) is 19.5. The van der Waals surface area contributed by atoms with Crippen molar-refractivity contribution in [1.82, 2.24) is 24.8 Å². The van der Waals surface area contributed by atoms with E-state index in [4.69, 9.17) is 4.52 Å². The van der Waals surface area contributed by atoms with Gasteiger partial charge in [-0.25, -0.2) is 0 Å². The number of β-amino-alcohol motifs (C(OH)–C–C–N with tert-alkyl or cyclic N) is 1. The Morgan fingerprint density at radius 2 is 2.00 bits per heavy atom. The molecule has 1 N–H and O–H groups in total. The second-order valence-corrected chi connectivity index (χ2v) is 8.25. The topological polar surface area (TPSA) is 80.2 Å². The van der Waals surface area contributed by atoms with E-state index in [-0.39, 0.29) is 11.4 Å². The van der Waals surface area contributed by atoms with Crippen LogP contribution >= 0.6 is 0 Å². The fourth-order valence-corrected chi connectivity index (χ4v) is 3.36. The Kier molecular flexibility index (Phi) is 4.36. The fraction of sp³-hybridized carbons (Fsp3) is 0.450. The third-order valence-corrected chi connectivity index (χ3v) is 4.93. The highest BCUT2D eigenvalue weighted by atomic mass is 16.5. The number of aliphatic hydroxyl groups is 1. The van der Waals surface area contributed by atoms with Crippen LogP contribution in [-0.2, 0) is 17.7 Å². The van der Waals surface area contributed by atoms with E-state index in [1.165, 1.54) is 5.56 Å². The molecule has 3 heterocycles. The summed E-state index contributed by atoms with van der Waals surface area (Å²) in [6, 6.07) is 10.2. The molecule has 1 aliphatic rings. The predicted molar refractivity (Wildman–Crippen MR) is 101 cm³/mol. The van der Waals surface area contributed by atoms with Gasteiger partial charge in [-0.1, -0.05) is 35.5 Å². The molecule has 0 amide bonds. The lowest BCUT2D eigenvalue weighted by Gasteiger charge is -2.19. The summed E-state index contributed by atoms with van der Waals surface area (Å²) in [5.74, 6) is 0.729. The van der Waals surface area contributed by atoms with Crippen LogP contribution in [0.15, 0.2) is 47.2 Å². The minimum atomic E-state index is -1.11. The number of hydrogen-bond donors (Lipinski definition) is 1. The van der Waals surface area contributed by atoms with Gasteiger partial charge in [0.25, 0.3) is 5.89 Å². The van der Waals surface area contributed by atoms with E-state index in [9.17, 15) is 5.11 Å². The molecule has 0 saturated carbocycles. The highest BCUT2D eigenvalue weighted by molar-refractivity contribution is 5.51. The van der Waals surface area contributed by atoms with Crippen LogP contribution in [0.25, 0.3) is 11.4 Å². The van der Waals surface area contributed by atoms with Crippen molar-refractivity contribution >= 4 is 0 Å². The minimum Gasteiger partial charge on any atom is -0.379 e. The van der Waals surface area contributed by atoms with E-state index in [1.54, 1.807) is 6.20 Å². The molecule has 27 heavy (non-hydrogen) atoms. The van der Waals surface area contributed by atoms with E-state index in [2.05, 4.69) is 53.0 Å². The van der Waals surface area contributed by atoms with Gasteiger partial charge >= 0.3 is 0 Å². The summed E-state index contributed by atoms with van der Waals surface area (Å²) < 4.78 is 7.29. The van der Waals surface area contributed by atoms with Crippen molar-refractivity contribution in [2.24, 2.45) is 0 Å². The van der Waals surface area contributed by atoms with Gasteiger partial charge in [-0.3, -0.25) is 9.58 Å². The molecule has 1 unspecified atom stereocenters. The summed E-state index contributed by atoms with van der Waals surface area (Å²) in [7, 11) is 0. The molecule has 0 spiro atoms. The summed E-state index contributed by atoms with van der Waals surface area (Å²) in [4.78, 5) is 6.67. The number of likely N-dealkylation sites (tertiary alicyclic amines) is 1. The fourth-order valence-electron chi connectivity index (χ4n) is 3.36. The first-order valence-electron chi connectivity index (χ1n) is 9.22. The first-order valence-corrected chi connectivity index (χ1v) is 9.22. The third kappa shape index (κ3) is 3.65. The number of aromatic nitrogens is 4. The second-order valence-electron chi connectivity index (χ2n) is 8.25. The van der Waals surface area contributed by atoms with Crippen LogP contribution in [0.4, 0.5) is 0 Å². The van der Waals surface area contributed by atoms with Crippen molar-refractivity contribution in [2.45, 2.75) is 44.9 Å².